The van der Waals surface area contributed by atoms with E-state index in [1.54, 1.807) is 17.1 Å². The van der Waals surface area contributed by atoms with E-state index in [9.17, 15) is 5.11 Å². The SMILES string of the molecule is C[C@H](NC[C@H](O)Cn1cccn1)[C@H](C)n1cccn1. The van der Waals surface area contributed by atoms with Crippen LogP contribution in [0.1, 0.15) is 19.9 Å². The molecule has 6 nitrogen and oxygen atoms in total. The predicted molar refractivity (Wildman–Crippen MR) is 72.6 cm³/mol. The average Bonchev–Trinajstić information content (AvgIpc) is 3.07. The molecule has 2 rings (SSSR count). The second-order valence-corrected chi connectivity index (χ2v) is 4.81. The van der Waals surface area contributed by atoms with Gasteiger partial charge in [0.25, 0.3) is 0 Å². The summed E-state index contributed by atoms with van der Waals surface area (Å²) >= 11 is 0. The van der Waals surface area contributed by atoms with E-state index in [-0.39, 0.29) is 12.1 Å². The van der Waals surface area contributed by atoms with Crippen LogP contribution in [0, 0.1) is 0 Å². The van der Waals surface area contributed by atoms with Crippen LogP contribution in [-0.4, -0.2) is 43.4 Å². The fourth-order valence-corrected chi connectivity index (χ4v) is 1.93. The second-order valence-electron chi connectivity index (χ2n) is 4.81. The second kappa shape index (κ2) is 6.49. The van der Waals surface area contributed by atoms with Gasteiger partial charge < -0.3 is 10.4 Å². The first-order valence-electron chi connectivity index (χ1n) is 6.55. The molecule has 0 bridgehead atoms. The first kappa shape index (κ1) is 13.8. The molecule has 104 valence electrons. The maximum Gasteiger partial charge on any atom is 0.0860 e. The van der Waals surface area contributed by atoms with E-state index in [1.807, 2.05) is 29.2 Å². The van der Waals surface area contributed by atoms with Crippen LogP contribution in [0.15, 0.2) is 36.9 Å². The van der Waals surface area contributed by atoms with Gasteiger partial charge in [0.2, 0.25) is 0 Å². The van der Waals surface area contributed by atoms with Gasteiger partial charge in [0.05, 0.1) is 18.7 Å². The topological polar surface area (TPSA) is 67.9 Å². The lowest BCUT2D eigenvalue weighted by atomic mass is 10.1. The third-order valence-electron chi connectivity index (χ3n) is 3.30. The summed E-state index contributed by atoms with van der Waals surface area (Å²) in [7, 11) is 0. The summed E-state index contributed by atoms with van der Waals surface area (Å²) in [5, 5.41) is 21.6. The Balaban J connectivity index is 1.75. The molecule has 3 atom stereocenters. The molecule has 2 N–H and O–H groups in total. The van der Waals surface area contributed by atoms with Crippen LogP contribution in [0.5, 0.6) is 0 Å². The molecule has 0 amide bonds. The number of nitrogens with one attached hydrogen (secondary N) is 1. The van der Waals surface area contributed by atoms with Crippen LogP contribution in [-0.2, 0) is 6.54 Å². The van der Waals surface area contributed by atoms with Crippen molar-refractivity contribution in [2.45, 2.75) is 38.6 Å². The Hall–Kier alpha value is -1.66. The monoisotopic (exact) mass is 263 g/mol. The van der Waals surface area contributed by atoms with Crippen molar-refractivity contribution in [2.24, 2.45) is 0 Å². The van der Waals surface area contributed by atoms with Crippen molar-refractivity contribution in [3.63, 3.8) is 0 Å². The fraction of sp³-hybridized carbons (Fsp3) is 0.538. The first-order chi connectivity index (χ1) is 9.16. The van der Waals surface area contributed by atoms with E-state index < -0.39 is 6.10 Å². The highest BCUT2D eigenvalue weighted by molar-refractivity contribution is 4.84. The molecule has 0 aromatic carbocycles. The molecule has 2 heterocycles. The molecule has 0 aliphatic rings. The van der Waals surface area contributed by atoms with E-state index in [4.69, 9.17) is 0 Å². The van der Waals surface area contributed by atoms with E-state index in [1.165, 1.54) is 0 Å². The highest BCUT2D eigenvalue weighted by Gasteiger charge is 2.15. The molecule has 2 aromatic heterocycles. The number of aromatic nitrogens is 4. The highest BCUT2D eigenvalue weighted by atomic mass is 16.3. The summed E-state index contributed by atoms with van der Waals surface area (Å²) in [6.45, 7) is 5.23. The van der Waals surface area contributed by atoms with Crippen LogP contribution in [0.2, 0.25) is 0 Å². The predicted octanol–water partition coefficient (Wildman–Crippen LogP) is 0.680. The molecule has 0 unspecified atom stereocenters. The van der Waals surface area contributed by atoms with Gasteiger partial charge in [-0.15, -0.1) is 0 Å². The van der Waals surface area contributed by atoms with Crippen LogP contribution < -0.4 is 5.32 Å². The Morgan fingerprint density at radius 3 is 2.53 bits per heavy atom. The van der Waals surface area contributed by atoms with Crippen molar-refractivity contribution in [3.05, 3.63) is 36.9 Å². The molecule has 0 saturated carbocycles. The molecule has 0 fully saturated rings. The summed E-state index contributed by atoms with van der Waals surface area (Å²) in [5.74, 6) is 0. The van der Waals surface area contributed by atoms with E-state index in [2.05, 4.69) is 29.4 Å². The summed E-state index contributed by atoms with van der Waals surface area (Å²) in [6.07, 6.45) is 6.83. The molecular formula is C13H21N5O. The average molecular weight is 263 g/mol. The maximum atomic E-state index is 9.94. The van der Waals surface area contributed by atoms with Gasteiger partial charge in [0.15, 0.2) is 0 Å². The Labute approximate surface area is 113 Å². The lowest BCUT2D eigenvalue weighted by Gasteiger charge is -2.23. The Morgan fingerprint density at radius 1 is 1.16 bits per heavy atom. The summed E-state index contributed by atoms with van der Waals surface area (Å²) in [6, 6.07) is 4.23. The fourth-order valence-electron chi connectivity index (χ4n) is 1.93. The molecule has 0 saturated heterocycles. The minimum atomic E-state index is -0.452. The van der Waals surface area contributed by atoms with Gasteiger partial charge >= 0.3 is 0 Å². The number of hydrogen-bond donors (Lipinski definition) is 2. The standard InChI is InChI=1S/C13H21N5O/c1-11(12(2)18-8-4-6-16-18)14-9-13(19)10-17-7-3-5-15-17/h3-8,11-14,19H,9-10H2,1-2H3/t11-,12-,13-/m0/s1. The number of nitrogens with zero attached hydrogens (tertiary/aromatic N) is 4. The molecule has 19 heavy (non-hydrogen) atoms. The van der Waals surface area contributed by atoms with Crippen molar-refractivity contribution in [2.75, 3.05) is 6.54 Å². The van der Waals surface area contributed by atoms with Gasteiger partial charge in [0, 0.05) is 37.4 Å². The molecule has 0 radical (unpaired) electrons. The van der Waals surface area contributed by atoms with Crippen molar-refractivity contribution in [1.29, 1.82) is 0 Å². The van der Waals surface area contributed by atoms with Gasteiger partial charge in [0.1, 0.15) is 0 Å². The third-order valence-corrected chi connectivity index (χ3v) is 3.30. The molecule has 2 aromatic rings. The molecule has 0 aliphatic carbocycles. The molecule has 0 aliphatic heterocycles. The third kappa shape index (κ3) is 3.90. The van der Waals surface area contributed by atoms with Gasteiger partial charge in [-0.2, -0.15) is 10.2 Å². The maximum absolute atomic E-state index is 9.94. The number of aliphatic hydroxyl groups is 1. The zero-order chi connectivity index (χ0) is 13.7. The zero-order valence-corrected chi connectivity index (χ0v) is 11.3. The van der Waals surface area contributed by atoms with Crippen LogP contribution in [0.25, 0.3) is 0 Å². The Kier molecular flexibility index (Phi) is 4.70. The van der Waals surface area contributed by atoms with Crippen LogP contribution in [0.3, 0.4) is 0 Å². The molecular weight excluding hydrogens is 242 g/mol. The smallest absolute Gasteiger partial charge is 0.0860 e. The Bertz CT molecular complexity index is 453. The number of aliphatic hydroxyl groups excluding tert-OH is 1. The lowest BCUT2D eigenvalue weighted by molar-refractivity contribution is 0.140. The van der Waals surface area contributed by atoms with Crippen LogP contribution >= 0.6 is 0 Å². The van der Waals surface area contributed by atoms with E-state index in [0.717, 1.165) is 0 Å². The summed E-state index contributed by atoms with van der Waals surface area (Å²) in [4.78, 5) is 0. The normalized spacial score (nSPS) is 16.2. The number of hydrogen-bond acceptors (Lipinski definition) is 4. The van der Waals surface area contributed by atoms with Gasteiger partial charge in [-0.1, -0.05) is 0 Å². The Morgan fingerprint density at radius 2 is 1.89 bits per heavy atom. The zero-order valence-electron chi connectivity index (χ0n) is 11.3. The molecule has 0 spiro atoms. The van der Waals surface area contributed by atoms with Gasteiger partial charge in [-0.25, -0.2) is 0 Å². The van der Waals surface area contributed by atoms with Gasteiger partial charge in [-0.3, -0.25) is 9.36 Å². The minimum Gasteiger partial charge on any atom is -0.390 e. The quantitative estimate of drug-likeness (QED) is 0.771. The highest BCUT2D eigenvalue weighted by Crippen LogP contribution is 2.08. The van der Waals surface area contributed by atoms with Crippen molar-refractivity contribution in [1.82, 2.24) is 24.9 Å². The first-order valence-corrected chi connectivity index (χ1v) is 6.55. The minimum absolute atomic E-state index is 0.229. The van der Waals surface area contributed by atoms with Crippen molar-refractivity contribution in [3.8, 4) is 0 Å². The van der Waals surface area contributed by atoms with Gasteiger partial charge in [-0.05, 0) is 26.0 Å². The summed E-state index contributed by atoms with van der Waals surface area (Å²) in [5.41, 5.74) is 0. The molecule has 6 heteroatoms. The van der Waals surface area contributed by atoms with E-state index >= 15 is 0 Å². The largest absolute Gasteiger partial charge is 0.390 e. The lowest BCUT2D eigenvalue weighted by Crippen LogP contribution is -2.40. The van der Waals surface area contributed by atoms with Crippen LogP contribution in [0.4, 0.5) is 0 Å². The summed E-state index contributed by atoms with van der Waals surface area (Å²) < 4.78 is 3.64. The number of rotatable bonds is 7. The van der Waals surface area contributed by atoms with Crippen molar-refractivity contribution >= 4 is 0 Å². The van der Waals surface area contributed by atoms with E-state index in [0.29, 0.717) is 13.1 Å². The van der Waals surface area contributed by atoms with Crippen molar-refractivity contribution < 1.29 is 5.11 Å².